The molecule has 2 N–H and O–H groups in total. The number of aromatic carboxylic acids is 1. The molecule has 0 aliphatic carbocycles. The third-order valence-electron chi connectivity index (χ3n) is 1.98. The van der Waals surface area contributed by atoms with Crippen LogP contribution in [-0.2, 0) is 0 Å². The number of carboxylic acids is 1. The van der Waals surface area contributed by atoms with E-state index in [1.165, 1.54) is 12.4 Å². The molecule has 0 amide bonds. The molecule has 0 saturated heterocycles. The van der Waals surface area contributed by atoms with E-state index in [1.54, 1.807) is 6.20 Å². The first-order valence-corrected chi connectivity index (χ1v) is 5.07. The van der Waals surface area contributed by atoms with Gasteiger partial charge in [-0.1, -0.05) is 0 Å². The predicted molar refractivity (Wildman–Crippen MR) is 62.0 cm³/mol. The fraction of sp³-hybridized carbons (Fsp3) is 0. The van der Waals surface area contributed by atoms with Crippen molar-refractivity contribution in [3.63, 3.8) is 0 Å². The van der Waals surface area contributed by atoms with Crippen LogP contribution >= 0.6 is 22.6 Å². The quantitative estimate of drug-likeness (QED) is 0.775. The van der Waals surface area contributed by atoms with Crippen molar-refractivity contribution in [2.75, 3.05) is 0 Å². The van der Waals surface area contributed by atoms with Crippen LogP contribution < -0.4 is 5.43 Å². The Balaban J connectivity index is 2.92. The number of nitrogens with zero attached hydrogens (tertiary/aromatic N) is 1. The van der Waals surface area contributed by atoms with E-state index in [2.05, 4.69) is 9.97 Å². The number of hydrogen-bond donors (Lipinski definition) is 2. The van der Waals surface area contributed by atoms with Gasteiger partial charge in [0.15, 0.2) is 0 Å². The summed E-state index contributed by atoms with van der Waals surface area (Å²) in [6.45, 7) is 0. The smallest absolute Gasteiger partial charge is 0.341 e. The number of H-pyrrole nitrogens is 1. The normalized spacial score (nSPS) is 10.5. The number of aromatic amines is 1. The maximum absolute atomic E-state index is 11.7. The molecule has 0 unspecified atom stereocenters. The molecule has 0 saturated carbocycles. The van der Waals surface area contributed by atoms with Crippen LogP contribution in [0.15, 0.2) is 23.4 Å². The van der Waals surface area contributed by atoms with Gasteiger partial charge in [-0.3, -0.25) is 9.78 Å². The first-order chi connectivity index (χ1) is 7.11. The lowest BCUT2D eigenvalue weighted by atomic mass is 10.2. The van der Waals surface area contributed by atoms with Crippen LogP contribution in [0.4, 0.5) is 0 Å². The highest BCUT2D eigenvalue weighted by Gasteiger charge is 2.12. The number of nitrogens with one attached hydrogen (secondary N) is 1. The SMILES string of the molecule is O=C(O)c1c[nH]c2c(I)cncc2c1=O. The largest absolute Gasteiger partial charge is 0.477 e. The Morgan fingerprint density at radius 2 is 2.20 bits per heavy atom. The summed E-state index contributed by atoms with van der Waals surface area (Å²) in [6.07, 6.45) is 4.16. The highest BCUT2D eigenvalue weighted by Crippen LogP contribution is 2.13. The molecule has 76 valence electrons. The summed E-state index contributed by atoms with van der Waals surface area (Å²) in [5.41, 5.74) is -0.172. The minimum atomic E-state index is -1.24. The van der Waals surface area contributed by atoms with Gasteiger partial charge in [-0.05, 0) is 22.6 Å². The summed E-state index contributed by atoms with van der Waals surface area (Å²) in [6, 6.07) is 0. The number of carboxylic acid groups (broad SMARTS) is 1. The highest BCUT2D eigenvalue weighted by molar-refractivity contribution is 14.1. The molecule has 15 heavy (non-hydrogen) atoms. The molecule has 0 bridgehead atoms. The number of pyridine rings is 2. The van der Waals surface area contributed by atoms with Crippen LogP contribution in [0.2, 0.25) is 0 Å². The van der Waals surface area contributed by atoms with Crippen LogP contribution in [0.1, 0.15) is 10.4 Å². The summed E-state index contributed by atoms with van der Waals surface area (Å²) < 4.78 is 0.777. The number of fused-ring (bicyclic) bond motifs is 1. The summed E-state index contributed by atoms with van der Waals surface area (Å²) in [4.78, 5) is 29.0. The zero-order valence-corrected chi connectivity index (χ0v) is 9.48. The molecule has 6 heteroatoms. The van der Waals surface area contributed by atoms with Crippen molar-refractivity contribution in [1.82, 2.24) is 9.97 Å². The topological polar surface area (TPSA) is 83.0 Å². The van der Waals surface area contributed by atoms with Gasteiger partial charge in [0.1, 0.15) is 5.56 Å². The molecule has 0 spiro atoms. The third kappa shape index (κ3) is 1.60. The number of halogens is 1. The Hall–Kier alpha value is -1.44. The molecule has 2 aromatic rings. The van der Waals surface area contributed by atoms with Gasteiger partial charge in [0.05, 0.1) is 14.5 Å². The van der Waals surface area contributed by atoms with E-state index in [1.807, 2.05) is 22.6 Å². The van der Waals surface area contributed by atoms with Gasteiger partial charge in [-0.2, -0.15) is 0 Å². The molecular weight excluding hydrogens is 311 g/mol. The molecule has 0 aliphatic heterocycles. The number of aromatic nitrogens is 2. The molecule has 2 heterocycles. The Morgan fingerprint density at radius 3 is 2.87 bits per heavy atom. The molecule has 0 radical (unpaired) electrons. The van der Waals surface area contributed by atoms with Crippen molar-refractivity contribution in [3.05, 3.63) is 37.9 Å². The number of carbonyl (C=O) groups is 1. The van der Waals surface area contributed by atoms with Gasteiger partial charge in [-0.25, -0.2) is 4.79 Å². The molecule has 2 aromatic heterocycles. The van der Waals surface area contributed by atoms with Crippen LogP contribution in [0.5, 0.6) is 0 Å². The molecular formula is C9H5IN2O3. The van der Waals surface area contributed by atoms with E-state index in [0.717, 1.165) is 3.57 Å². The number of rotatable bonds is 1. The second kappa shape index (κ2) is 3.61. The van der Waals surface area contributed by atoms with Gasteiger partial charge in [0, 0.05) is 18.6 Å². The van der Waals surface area contributed by atoms with Crippen LogP contribution in [0.25, 0.3) is 10.9 Å². The molecule has 0 atom stereocenters. The average molecular weight is 316 g/mol. The Kier molecular flexibility index (Phi) is 2.43. The first-order valence-electron chi connectivity index (χ1n) is 3.99. The minimum absolute atomic E-state index is 0.272. The van der Waals surface area contributed by atoms with Gasteiger partial charge in [0.2, 0.25) is 5.43 Å². The standard InChI is InChI=1S/C9H5IN2O3/c10-6-3-11-1-4-7(6)12-2-5(8(4)13)9(14)15/h1-3H,(H,12,13)(H,14,15). The summed E-state index contributed by atoms with van der Waals surface area (Å²) in [5, 5.41) is 9.05. The van der Waals surface area contributed by atoms with Crippen molar-refractivity contribution in [1.29, 1.82) is 0 Å². The van der Waals surface area contributed by atoms with Crippen molar-refractivity contribution in [2.24, 2.45) is 0 Å². The second-order valence-electron chi connectivity index (χ2n) is 2.88. The highest BCUT2D eigenvalue weighted by atomic mass is 127. The predicted octanol–water partition coefficient (Wildman–Crippen LogP) is 1.23. The zero-order chi connectivity index (χ0) is 11.0. The molecule has 0 aliphatic rings. The maximum Gasteiger partial charge on any atom is 0.341 e. The van der Waals surface area contributed by atoms with Crippen molar-refractivity contribution in [2.45, 2.75) is 0 Å². The van der Waals surface area contributed by atoms with E-state index < -0.39 is 11.4 Å². The molecule has 0 aromatic carbocycles. The lowest BCUT2D eigenvalue weighted by Crippen LogP contribution is -2.15. The Morgan fingerprint density at radius 1 is 1.47 bits per heavy atom. The first kappa shape index (κ1) is 10.1. The third-order valence-corrected chi connectivity index (χ3v) is 2.80. The van der Waals surface area contributed by atoms with Gasteiger partial charge < -0.3 is 10.1 Å². The molecule has 5 nitrogen and oxygen atoms in total. The summed E-state index contributed by atoms with van der Waals surface area (Å²) in [5.74, 6) is -1.24. The Bertz CT molecular complexity index is 606. The Labute approximate surface area is 97.3 Å². The lowest BCUT2D eigenvalue weighted by Gasteiger charge is -2.00. The monoisotopic (exact) mass is 316 g/mol. The van der Waals surface area contributed by atoms with Crippen LogP contribution in [-0.4, -0.2) is 21.0 Å². The van der Waals surface area contributed by atoms with Gasteiger partial charge >= 0.3 is 5.97 Å². The second-order valence-corrected chi connectivity index (χ2v) is 4.04. The fourth-order valence-electron chi connectivity index (χ4n) is 1.27. The van der Waals surface area contributed by atoms with E-state index in [0.29, 0.717) is 10.9 Å². The van der Waals surface area contributed by atoms with Crippen molar-refractivity contribution < 1.29 is 9.90 Å². The zero-order valence-electron chi connectivity index (χ0n) is 7.32. The average Bonchev–Trinajstić information content (AvgIpc) is 2.19. The minimum Gasteiger partial charge on any atom is -0.477 e. The van der Waals surface area contributed by atoms with E-state index >= 15 is 0 Å². The van der Waals surface area contributed by atoms with Crippen molar-refractivity contribution in [3.8, 4) is 0 Å². The van der Waals surface area contributed by atoms with E-state index in [9.17, 15) is 9.59 Å². The van der Waals surface area contributed by atoms with Crippen LogP contribution in [0.3, 0.4) is 0 Å². The molecule has 0 fully saturated rings. The summed E-state index contributed by atoms with van der Waals surface area (Å²) >= 11 is 2.02. The van der Waals surface area contributed by atoms with Gasteiger partial charge in [0.25, 0.3) is 0 Å². The van der Waals surface area contributed by atoms with Crippen LogP contribution in [0, 0.1) is 3.57 Å². The van der Waals surface area contributed by atoms with Crippen molar-refractivity contribution >= 4 is 39.5 Å². The van der Waals surface area contributed by atoms with E-state index in [-0.39, 0.29) is 5.56 Å². The van der Waals surface area contributed by atoms with E-state index in [4.69, 9.17) is 5.11 Å². The number of hydrogen-bond acceptors (Lipinski definition) is 3. The fourth-order valence-corrected chi connectivity index (χ4v) is 1.87. The molecule has 2 rings (SSSR count). The van der Waals surface area contributed by atoms with Gasteiger partial charge in [-0.15, -0.1) is 0 Å². The maximum atomic E-state index is 11.7. The summed E-state index contributed by atoms with van der Waals surface area (Å²) in [7, 11) is 0. The lowest BCUT2D eigenvalue weighted by molar-refractivity contribution is 0.0695.